The summed E-state index contributed by atoms with van der Waals surface area (Å²) in [5, 5.41) is 0.607. The molecule has 2 rings (SSSR count). The van der Waals surface area contributed by atoms with Gasteiger partial charge in [0.2, 0.25) is 5.95 Å². The maximum atomic E-state index is 12.2. The smallest absolute Gasteiger partial charge is 0.263 e. The highest BCUT2D eigenvalue weighted by Gasteiger charge is 2.11. The highest BCUT2D eigenvalue weighted by atomic mass is 16.1. The van der Waals surface area contributed by atoms with Crippen LogP contribution in [0.3, 0.4) is 0 Å². The van der Waals surface area contributed by atoms with Crippen molar-refractivity contribution in [1.29, 1.82) is 0 Å². The van der Waals surface area contributed by atoms with E-state index in [2.05, 4.69) is 10.4 Å². The lowest BCUT2D eigenvalue weighted by molar-refractivity contribution is 0.580. The Balaban J connectivity index is 2.88. The molecular weight excluding hydrogens is 204 g/mol. The SMILES string of the molecule is CC(C)n1c(NN)nc2ccccc2c1=O. The molecule has 16 heavy (non-hydrogen) atoms. The minimum absolute atomic E-state index is 0.00987. The van der Waals surface area contributed by atoms with E-state index < -0.39 is 0 Å². The van der Waals surface area contributed by atoms with Crippen molar-refractivity contribution >= 4 is 16.9 Å². The van der Waals surface area contributed by atoms with Crippen molar-refractivity contribution in [2.45, 2.75) is 19.9 Å². The van der Waals surface area contributed by atoms with Gasteiger partial charge in [-0.25, -0.2) is 10.8 Å². The summed E-state index contributed by atoms with van der Waals surface area (Å²) < 4.78 is 1.54. The number of nitrogen functional groups attached to an aromatic ring is 1. The molecule has 5 nitrogen and oxygen atoms in total. The van der Waals surface area contributed by atoms with Crippen LogP contribution in [0, 0.1) is 0 Å². The Morgan fingerprint density at radius 3 is 2.69 bits per heavy atom. The normalized spacial score (nSPS) is 11.0. The number of hydrogen-bond donors (Lipinski definition) is 2. The molecule has 0 aliphatic rings. The zero-order chi connectivity index (χ0) is 11.7. The maximum Gasteiger partial charge on any atom is 0.263 e. The van der Waals surface area contributed by atoms with Gasteiger partial charge in [0.15, 0.2) is 0 Å². The average molecular weight is 218 g/mol. The maximum absolute atomic E-state index is 12.2. The van der Waals surface area contributed by atoms with Gasteiger partial charge < -0.3 is 0 Å². The van der Waals surface area contributed by atoms with Gasteiger partial charge in [-0.2, -0.15) is 0 Å². The van der Waals surface area contributed by atoms with Crippen molar-refractivity contribution in [3.8, 4) is 0 Å². The summed E-state index contributed by atoms with van der Waals surface area (Å²) in [7, 11) is 0. The molecule has 0 atom stereocenters. The third-order valence-electron chi connectivity index (χ3n) is 2.45. The van der Waals surface area contributed by atoms with E-state index in [0.29, 0.717) is 16.9 Å². The van der Waals surface area contributed by atoms with Gasteiger partial charge in [-0.1, -0.05) is 12.1 Å². The lowest BCUT2D eigenvalue weighted by Crippen LogP contribution is -2.28. The Morgan fingerprint density at radius 2 is 2.06 bits per heavy atom. The first-order valence-electron chi connectivity index (χ1n) is 5.13. The molecule has 1 aromatic carbocycles. The fraction of sp³-hybridized carbons (Fsp3) is 0.273. The number of benzene rings is 1. The van der Waals surface area contributed by atoms with E-state index in [0.717, 1.165) is 0 Å². The molecule has 5 heteroatoms. The Kier molecular flexibility index (Phi) is 2.62. The summed E-state index contributed by atoms with van der Waals surface area (Å²) in [4.78, 5) is 16.5. The third kappa shape index (κ3) is 1.55. The average Bonchev–Trinajstić information content (AvgIpc) is 2.28. The quantitative estimate of drug-likeness (QED) is 0.588. The van der Waals surface area contributed by atoms with Crippen LogP contribution in [-0.4, -0.2) is 9.55 Å². The van der Waals surface area contributed by atoms with Crippen LogP contribution in [-0.2, 0) is 0 Å². The van der Waals surface area contributed by atoms with Crippen molar-refractivity contribution in [3.63, 3.8) is 0 Å². The van der Waals surface area contributed by atoms with Gasteiger partial charge in [-0.3, -0.25) is 14.8 Å². The topological polar surface area (TPSA) is 72.9 Å². The van der Waals surface area contributed by atoms with Crippen LogP contribution in [0.15, 0.2) is 29.1 Å². The number of aromatic nitrogens is 2. The number of hydrazine groups is 1. The van der Waals surface area contributed by atoms with E-state index >= 15 is 0 Å². The van der Waals surface area contributed by atoms with Crippen LogP contribution in [0.25, 0.3) is 10.9 Å². The van der Waals surface area contributed by atoms with Crippen molar-refractivity contribution in [3.05, 3.63) is 34.6 Å². The summed E-state index contributed by atoms with van der Waals surface area (Å²) in [6, 6.07) is 7.24. The first-order valence-corrected chi connectivity index (χ1v) is 5.13. The molecule has 1 aromatic heterocycles. The van der Waals surface area contributed by atoms with E-state index in [1.807, 2.05) is 26.0 Å². The summed E-state index contributed by atoms with van der Waals surface area (Å²) in [5.41, 5.74) is 3.04. The minimum atomic E-state index is -0.0754. The Morgan fingerprint density at radius 1 is 1.38 bits per heavy atom. The predicted octanol–water partition coefficient (Wildman–Crippen LogP) is 1.26. The van der Waals surface area contributed by atoms with Crippen molar-refractivity contribution < 1.29 is 0 Å². The largest absolute Gasteiger partial charge is 0.294 e. The van der Waals surface area contributed by atoms with Gasteiger partial charge in [0.1, 0.15) is 0 Å². The zero-order valence-corrected chi connectivity index (χ0v) is 9.27. The highest BCUT2D eigenvalue weighted by molar-refractivity contribution is 5.78. The second-order valence-electron chi connectivity index (χ2n) is 3.87. The second kappa shape index (κ2) is 3.94. The Bertz CT molecular complexity index is 574. The van der Waals surface area contributed by atoms with Gasteiger partial charge in [0.05, 0.1) is 10.9 Å². The number of anilines is 1. The lowest BCUT2D eigenvalue weighted by atomic mass is 10.2. The molecule has 2 aromatic rings. The number of fused-ring (bicyclic) bond motifs is 1. The number of nitrogens with two attached hydrogens (primary N) is 1. The van der Waals surface area contributed by atoms with Crippen LogP contribution < -0.4 is 16.8 Å². The lowest BCUT2D eigenvalue weighted by Gasteiger charge is -2.15. The van der Waals surface area contributed by atoms with Gasteiger partial charge in [0.25, 0.3) is 5.56 Å². The second-order valence-corrected chi connectivity index (χ2v) is 3.87. The van der Waals surface area contributed by atoms with Crippen molar-refractivity contribution in [1.82, 2.24) is 9.55 Å². The molecule has 0 saturated carbocycles. The van der Waals surface area contributed by atoms with Crippen LogP contribution in [0.1, 0.15) is 19.9 Å². The molecule has 84 valence electrons. The minimum Gasteiger partial charge on any atom is -0.294 e. The number of para-hydroxylation sites is 1. The molecule has 0 spiro atoms. The van der Waals surface area contributed by atoms with Crippen LogP contribution >= 0.6 is 0 Å². The molecule has 0 aliphatic heterocycles. The summed E-state index contributed by atoms with van der Waals surface area (Å²) in [5.74, 6) is 5.76. The fourth-order valence-corrected chi connectivity index (χ4v) is 1.73. The summed E-state index contributed by atoms with van der Waals surface area (Å²) >= 11 is 0. The Hall–Kier alpha value is -1.88. The predicted molar refractivity (Wildman–Crippen MR) is 64.2 cm³/mol. The molecule has 1 heterocycles. The molecule has 3 N–H and O–H groups in total. The first-order chi connectivity index (χ1) is 7.65. The summed E-state index contributed by atoms with van der Waals surface area (Å²) in [6.07, 6.45) is 0. The highest BCUT2D eigenvalue weighted by Crippen LogP contribution is 2.13. The zero-order valence-electron chi connectivity index (χ0n) is 9.27. The van der Waals surface area contributed by atoms with E-state index in [1.54, 1.807) is 16.7 Å². The van der Waals surface area contributed by atoms with Gasteiger partial charge in [0, 0.05) is 6.04 Å². The molecule has 0 saturated heterocycles. The number of hydrogen-bond acceptors (Lipinski definition) is 4. The number of nitrogens with one attached hydrogen (secondary N) is 1. The van der Waals surface area contributed by atoms with Gasteiger partial charge in [-0.05, 0) is 26.0 Å². The van der Waals surface area contributed by atoms with Crippen molar-refractivity contribution in [2.75, 3.05) is 5.43 Å². The van der Waals surface area contributed by atoms with Crippen LogP contribution in [0.5, 0.6) is 0 Å². The molecule has 0 aliphatic carbocycles. The number of nitrogens with zero attached hydrogens (tertiary/aromatic N) is 2. The standard InChI is InChI=1S/C11H14N4O/c1-7(2)15-10(16)8-5-3-4-6-9(8)13-11(15)14-12/h3-7H,12H2,1-2H3,(H,13,14). The monoisotopic (exact) mass is 218 g/mol. The number of rotatable bonds is 2. The van der Waals surface area contributed by atoms with E-state index in [1.165, 1.54) is 0 Å². The Labute approximate surface area is 92.9 Å². The molecule has 0 unspecified atom stereocenters. The van der Waals surface area contributed by atoms with Gasteiger partial charge >= 0.3 is 0 Å². The van der Waals surface area contributed by atoms with Crippen molar-refractivity contribution in [2.24, 2.45) is 5.84 Å². The molecule has 0 radical (unpaired) electrons. The molecule has 0 fully saturated rings. The molecular formula is C11H14N4O. The van der Waals surface area contributed by atoms with E-state index in [-0.39, 0.29) is 11.6 Å². The first kappa shape index (κ1) is 10.6. The third-order valence-corrected chi connectivity index (χ3v) is 2.45. The molecule has 0 bridgehead atoms. The fourth-order valence-electron chi connectivity index (χ4n) is 1.73. The van der Waals surface area contributed by atoms with Crippen LogP contribution in [0.4, 0.5) is 5.95 Å². The molecule has 0 amide bonds. The van der Waals surface area contributed by atoms with Gasteiger partial charge in [-0.15, -0.1) is 0 Å². The van der Waals surface area contributed by atoms with Crippen LogP contribution in [0.2, 0.25) is 0 Å². The van der Waals surface area contributed by atoms with E-state index in [4.69, 9.17) is 5.84 Å². The summed E-state index contributed by atoms with van der Waals surface area (Å²) in [6.45, 7) is 3.83. The van der Waals surface area contributed by atoms with E-state index in [9.17, 15) is 4.79 Å².